The lowest BCUT2D eigenvalue weighted by Gasteiger charge is -2.38. The molecule has 2 aromatic carbocycles. The molecule has 10 nitrogen and oxygen atoms in total. The van der Waals surface area contributed by atoms with Crippen LogP contribution in [0.3, 0.4) is 0 Å². The predicted molar refractivity (Wildman–Crippen MR) is 143 cm³/mol. The Morgan fingerprint density at radius 1 is 1.16 bits per heavy atom. The number of ether oxygens (including phenoxy) is 2. The number of piperidine rings is 1. The number of hydrogen-bond acceptors (Lipinski definition) is 8. The molecular formula is C25H34ClN3O7S2. The fourth-order valence-electron chi connectivity index (χ4n) is 4.79. The molecule has 0 aromatic heterocycles. The second-order valence-corrected chi connectivity index (χ2v) is 14.0. The van der Waals surface area contributed by atoms with Crippen molar-refractivity contribution in [1.29, 1.82) is 0 Å². The number of aryl methyl sites for hydroxylation is 1. The average molecular weight is 588 g/mol. The lowest BCUT2D eigenvalue weighted by Crippen LogP contribution is -2.47. The van der Waals surface area contributed by atoms with Crippen molar-refractivity contribution in [3.8, 4) is 5.75 Å². The Morgan fingerprint density at radius 3 is 2.58 bits per heavy atom. The van der Waals surface area contributed by atoms with E-state index in [1.54, 1.807) is 31.2 Å². The van der Waals surface area contributed by atoms with Crippen molar-refractivity contribution < 1.29 is 31.4 Å². The monoisotopic (exact) mass is 587 g/mol. The number of benzene rings is 2. The van der Waals surface area contributed by atoms with E-state index in [-0.39, 0.29) is 34.6 Å². The number of rotatable bonds is 10. The van der Waals surface area contributed by atoms with Gasteiger partial charge in [0.05, 0.1) is 22.0 Å². The van der Waals surface area contributed by atoms with Gasteiger partial charge in [-0.3, -0.25) is 0 Å². The lowest BCUT2D eigenvalue weighted by atomic mass is 9.88. The molecule has 2 aromatic rings. The van der Waals surface area contributed by atoms with Crippen molar-refractivity contribution in [2.45, 2.75) is 53.7 Å². The van der Waals surface area contributed by atoms with Crippen LogP contribution in [0.25, 0.3) is 0 Å². The first kappa shape index (κ1) is 29.2. The number of sulfonamides is 2. The summed E-state index contributed by atoms with van der Waals surface area (Å²) in [6.45, 7) is 3.26. The van der Waals surface area contributed by atoms with Gasteiger partial charge in [0.2, 0.25) is 20.0 Å². The molecule has 2 fully saturated rings. The molecular weight excluding hydrogens is 554 g/mol. The summed E-state index contributed by atoms with van der Waals surface area (Å²) in [6, 6.07) is 10.8. The first-order chi connectivity index (χ1) is 17.9. The fourth-order valence-corrected chi connectivity index (χ4v) is 7.20. The Labute approximate surface area is 229 Å². The lowest BCUT2D eigenvalue weighted by molar-refractivity contribution is -0.0312. The summed E-state index contributed by atoms with van der Waals surface area (Å²) in [6.07, 6.45) is 1.09. The molecule has 0 saturated carbocycles. The van der Waals surface area contributed by atoms with E-state index in [0.29, 0.717) is 43.3 Å². The molecule has 13 heteroatoms. The van der Waals surface area contributed by atoms with Crippen molar-refractivity contribution in [2.24, 2.45) is 0 Å². The van der Waals surface area contributed by atoms with E-state index < -0.39 is 26.2 Å². The second kappa shape index (κ2) is 11.8. The van der Waals surface area contributed by atoms with Crippen LogP contribution >= 0.6 is 11.6 Å². The summed E-state index contributed by atoms with van der Waals surface area (Å²) in [7, 11) is -5.85. The summed E-state index contributed by atoms with van der Waals surface area (Å²) in [5, 5.41) is 14.2. The Bertz CT molecular complexity index is 1350. The van der Waals surface area contributed by atoms with Crippen LogP contribution < -0.4 is 14.8 Å². The van der Waals surface area contributed by atoms with Crippen LogP contribution in [0.4, 0.5) is 0 Å². The molecule has 1 unspecified atom stereocenters. The first-order valence-electron chi connectivity index (χ1n) is 12.4. The highest BCUT2D eigenvalue weighted by molar-refractivity contribution is 7.89. The van der Waals surface area contributed by atoms with E-state index in [9.17, 15) is 21.9 Å². The van der Waals surface area contributed by atoms with Gasteiger partial charge in [0.1, 0.15) is 18.5 Å². The topological polar surface area (TPSA) is 134 Å². The largest absolute Gasteiger partial charge is 0.491 e. The van der Waals surface area contributed by atoms with Gasteiger partial charge in [-0.2, -0.15) is 4.31 Å². The Kier molecular flexibility index (Phi) is 9.05. The number of nitrogens with one attached hydrogen (secondary N) is 2. The van der Waals surface area contributed by atoms with Gasteiger partial charge >= 0.3 is 0 Å². The third-order valence-electron chi connectivity index (χ3n) is 7.08. The van der Waals surface area contributed by atoms with Crippen molar-refractivity contribution >= 4 is 31.6 Å². The predicted octanol–water partition coefficient (Wildman–Crippen LogP) is 1.90. The van der Waals surface area contributed by atoms with Crippen LogP contribution in [0.2, 0.25) is 5.02 Å². The van der Waals surface area contributed by atoms with Gasteiger partial charge in [0.15, 0.2) is 0 Å². The van der Waals surface area contributed by atoms with Crippen LogP contribution in [0.1, 0.15) is 24.8 Å². The maximum Gasteiger partial charge on any atom is 0.243 e. The molecule has 0 aliphatic carbocycles. The molecule has 2 heterocycles. The van der Waals surface area contributed by atoms with Crippen LogP contribution in [-0.2, 0) is 24.8 Å². The minimum absolute atomic E-state index is 0.00817. The van der Waals surface area contributed by atoms with Gasteiger partial charge in [-0.15, -0.1) is 0 Å². The summed E-state index contributed by atoms with van der Waals surface area (Å²) in [5.41, 5.74) is 0.331. The third-order valence-corrected chi connectivity index (χ3v) is 10.8. The normalized spacial score (nSPS) is 21.0. The molecule has 1 spiro atoms. The van der Waals surface area contributed by atoms with Gasteiger partial charge in [-0.05, 0) is 69.1 Å². The number of nitrogens with zero attached hydrogens (tertiary/aromatic N) is 1. The first-order valence-corrected chi connectivity index (χ1v) is 15.7. The summed E-state index contributed by atoms with van der Waals surface area (Å²) in [4.78, 5) is 0.328. The average Bonchev–Trinajstić information content (AvgIpc) is 3.30. The zero-order valence-corrected chi connectivity index (χ0v) is 23.8. The molecule has 2 aliphatic heterocycles. The van der Waals surface area contributed by atoms with E-state index >= 15 is 0 Å². The third kappa shape index (κ3) is 6.68. The van der Waals surface area contributed by atoms with Crippen LogP contribution in [0.15, 0.2) is 52.3 Å². The van der Waals surface area contributed by atoms with Gasteiger partial charge in [-0.25, -0.2) is 21.6 Å². The Morgan fingerprint density at radius 2 is 1.89 bits per heavy atom. The Balaban J connectivity index is 1.23. The SMILES string of the molecule is CNS(=O)(=O)c1cccc(OC[C@@H](O)CNC2COC3(CCN(S(=O)(=O)c4ccc(Cl)c(C)c4)CC3)C2)c1. The molecule has 38 heavy (non-hydrogen) atoms. The number of aliphatic hydroxyl groups is 1. The van der Waals surface area contributed by atoms with Crippen molar-refractivity contribution in [2.75, 3.05) is 39.9 Å². The van der Waals surface area contributed by atoms with E-state index in [1.165, 1.54) is 29.6 Å². The minimum Gasteiger partial charge on any atom is -0.491 e. The quantitative estimate of drug-likeness (QED) is 0.384. The van der Waals surface area contributed by atoms with Crippen LogP contribution in [-0.4, -0.2) is 83.9 Å². The highest BCUT2D eigenvalue weighted by atomic mass is 35.5. The molecule has 2 atom stereocenters. The zero-order chi connectivity index (χ0) is 27.6. The van der Waals surface area contributed by atoms with Gasteiger partial charge < -0.3 is 19.9 Å². The molecule has 3 N–H and O–H groups in total. The van der Waals surface area contributed by atoms with E-state index in [2.05, 4.69) is 10.0 Å². The van der Waals surface area contributed by atoms with E-state index in [0.717, 1.165) is 12.0 Å². The van der Waals surface area contributed by atoms with Crippen molar-refractivity contribution in [1.82, 2.24) is 14.3 Å². The standard InChI is InChI=1S/C25H34ClN3O7S2/c1-18-12-23(6-7-24(18)26)38(33,34)29-10-8-25(9-11-29)14-19(16-36-25)28-15-20(30)17-35-21-4-3-5-22(13-21)37(31,32)27-2/h3-7,12-13,19-20,27-28,30H,8-11,14-17H2,1-2H3/t19?,20-/m0/s1. The van der Waals surface area contributed by atoms with E-state index in [1.807, 2.05) is 0 Å². The molecule has 0 bridgehead atoms. The minimum atomic E-state index is -3.60. The molecule has 4 rings (SSSR count). The van der Waals surface area contributed by atoms with Gasteiger partial charge in [-0.1, -0.05) is 17.7 Å². The summed E-state index contributed by atoms with van der Waals surface area (Å²) >= 11 is 6.05. The summed E-state index contributed by atoms with van der Waals surface area (Å²) < 4.78 is 65.6. The molecule has 210 valence electrons. The highest BCUT2D eigenvalue weighted by Gasteiger charge is 2.44. The fraction of sp³-hybridized carbons (Fsp3) is 0.520. The van der Waals surface area contributed by atoms with Crippen LogP contribution in [0, 0.1) is 6.92 Å². The van der Waals surface area contributed by atoms with Crippen molar-refractivity contribution in [3.05, 3.63) is 53.1 Å². The van der Waals surface area contributed by atoms with E-state index in [4.69, 9.17) is 21.1 Å². The molecule has 2 saturated heterocycles. The molecule has 0 radical (unpaired) electrons. The van der Waals surface area contributed by atoms with Gasteiger partial charge in [0.25, 0.3) is 0 Å². The smallest absolute Gasteiger partial charge is 0.243 e. The zero-order valence-electron chi connectivity index (χ0n) is 21.4. The maximum atomic E-state index is 13.1. The highest BCUT2D eigenvalue weighted by Crippen LogP contribution is 2.37. The van der Waals surface area contributed by atoms with Crippen LogP contribution in [0.5, 0.6) is 5.75 Å². The second-order valence-electron chi connectivity index (χ2n) is 9.77. The van der Waals surface area contributed by atoms with Gasteiger partial charge in [0, 0.05) is 36.8 Å². The van der Waals surface area contributed by atoms with Crippen molar-refractivity contribution in [3.63, 3.8) is 0 Å². The number of hydrogen-bond donors (Lipinski definition) is 3. The summed E-state index contributed by atoms with van der Waals surface area (Å²) in [5.74, 6) is 0.346. The maximum absolute atomic E-state index is 13.1. The number of halogens is 1. The molecule has 0 amide bonds. The Hall–Kier alpha value is -1.77. The molecule has 2 aliphatic rings. The number of aliphatic hydroxyl groups excluding tert-OH is 1.